The Labute approximate surface area is 97.5 Å². The standard InChI is InChI=1S/C9H12BrNS.ClH/c1-6-5-8(12-9(6)10)7-3-2-4-11-7;/h5,7,11H,2-4H2,1H3;1H/t7-;/m0./s1. The van der Waals surface area contributed by atoms with Crippen molar-refractivity contribution < 1.29 is 0 Å². The molecule has 1 atom stereocenters. The molecule has 0 unspecified atom stereocenters. The average Bonchev–Trinajstić information content (AvgIpc) is 2.61. The third kappa shape index (κ3) is 2.46. The number of hydrogen-bond acceptors (Lipinski definition) is 2. The van der Waals surface area contributed by atoms with Crippen molar-refractivity contribution in [2.75, 3.05) is 6.54 Å². The lowest BCUT2D eigenvalue weighted by atomic mass is 10.2. The summed E-state index contributed by atoms with van der Waals surface area (Å²) in [7, 11) is 0. The van der Waals surface area contributed by atoms with Crippen LogP contribution in [0.1, 0.15) is 29.3 Å². The van der Waals surface area contributed by atoms with Gasteiger partial charge in [-0.05, 0) is 53.9 Å². The van der Waals surface area contributed by atoms with Gasteiger partial charge in [-0.15, -0.1) is 23.7 Å². The summed E-state index contributed by atoms with van der Waals surface area (Å²) in [6, 6.07) is 2.91. The van der Waals surface area contributed by atoms with Crippen molar-refractivity contribution >= 4 is 39.7 Å². The van der Waals surface area contributed by atoms with Gasteiger partial charge in [-0.25, -0.2) is 0 Å². The second kappa shape index (κ2) is 4.78. The second-order valence-corrected chi connectivity index (χ2v) is 5.66. The van der Waals surface area contributed by atoms with Crippen LogP contribution in [0.3, 0.4) is 0 Å². The zero-order valence-electron chi connectivity index (χ0n) is 7.47. The van der Waals surface area contributed by atoms with Gasteiger partial charge in [0.25, 0.3) is 0 Å². The Bertz CT molecular complexity index is 262. The van der Waals surface area contributed by atoms with Gasteiger partial charge in [0.05, 0.1) is 3.79 Å². The molecule has 1 aromatic rings. The topological polar surface area (TPSA) is 12.0 Å². The van der Waals surface area contributed by atoms with E-state index in [1.54, 1.807) is 0 Å². The Morgan fingerprint density at radius 1 is 1.62 bits per heavy atom. The summed E-state index contributed by atoms with van der Waals surface area (Å²) in [5, 5.41) is 3.50. The first-order valence-corrected chi connectivity index (χ1v) is 5.87. The molecule has 0 bridgehead atoms. The van der Waals surface area contributed by atoms with Crippen LogP contribution < -0.4 is 5.32 Å². The molecular weight excluding hydrogens is 270 g/mol. The first-order chi connectivity index (χ1) is 5.77. The molecule has 1 aliphatic rings. The third-order valence-electron chi connectivity index (χ3n) is 2.28. The van der Waals surface area contributed by atoms with Crippen LogP contribution in [0, 0.1) is 6.92 Å². The molecular formula is C9H13BrClNS. The van der Waals surface area contributed by atoms with Crippen LogP contribution in [0.25, 0.3) is 0 Å². The number of nitrogens with one attached hydrogen (secondary N) is 1. The Morgan fingerprint density at radius 2 is 2.38 bits per heavy atom. The van der Waals surface area contributed by atoms with Crippen LogP contribution >= 0.6 is 39.7 Å². The maximum Gasteiger partial charge on any atom is 0.0731 e. The van der Waals surface area contributed by atoms with Crippen molar-refractivity contribution in [1.29, 1.82) is 0 Å². The first kappa shape index (κ1) is 11.5. The van der Waals surface area contributed by atoms with Crippen molar-refractivity contribution in [1.82, 2.24) is 5.32 Å². The molecule has 0 saturated carbocycles. The van der Waals surface area contributed by atoms with E-state index in [1.807, 2.05) is 11.3 Å². The average molecular weight is 283 g/mol. The number of thiophene rings is 1. The van der Waals surface area contributed by atoms with Crippen LogP contribution in [0.4, 0.5) is 0 Å². The predicted molar refractivity (Wildman–Crippen MR) is 64.0 cm³/mol. The smallest absolute Gasteiger partial charge is 0.0731 e. The number of aryl methyl sites for hydroxylation is 1. The summed E-state index contributed by atoms with van der Waals surface area (Å²) in [4.78, 5) is 1.48. The Hall–Kier alpha value is 0.430. The lowest BCUT2D eigenvalue weighted by Crippen LogP contribution is -2.11. The van der Waals surface area contributed by atoms with E-state index in [9.17, 15) is 0 Å². The lowest BCUT2D eigenvalue weighted by molar-refractivity contribution is 0.659. The van der Waals surface area contributed by atoms with E-state index in [4.69, 9.17) is 0 Å². The van der Waals surface area contributed by atoms with Crippen LogP contribution in [0.5, 0.6) is 0 Å². The molecule has 2 rings (SSSR count). The summed E-state index contributed by atoms with van der Waals surface area (Å²) >= 11 is 5.42. The molecule has 1 aromatic heterocycles. The van der Waals surface area contributed by atoms with Crippen molar-refractivity contribution in [3.63, 3.8) is 0 Å². The van der Waals surface area contributed by atoms with Crippen molar-refractivity contribution in [3.05, 3.63) is 20.3 Å². The summed E-state index contributed by atoms with van der Waals surface area (Å²) < 4.78 is 1.28. The van der Waals surface area contributed by atoms with Crippen LogP contribution in [-0.2, 0) is 0 Å². The van der Waals surface area contributed by atoms with Crippen molar-refractivity contribution in [3.8, 4) is 0 Å². The highest BCUT2D eigenvalue weighted by atomic mass is 79.9. The van der Waals surface area contributed by atoms with Crippen LogP contribution in [-0.4, -0.2) is 6.54 Å². The van der Waals surface area contributed by atoms with E-state index in [1.165, 1.54) is 33.6 Å². The van der Waals surface area contributed by atoms with E-state index in [0.29, 0.717) is 6.04 Å². The minimum absolute atomic E-state index is 0. The zero-order chi connectivity index (χ0) is 8.55. The summed E-state index contributed by atoms with van der Waals surface area (Å²) in [5.74, 6) is 0. The molecule has 1 aliphatic heterocycles. The van der Waals surface area contributed by atoms with Gasteiger partial charge >= 0.3 is 0 Å². The molecule has 74 valence electrons. The van der Waals surface area contributed by atoms with E-state index in [-0.39, 0.29) is 12.4 Å². The van der Waals surface area contributed by atoms with Crippen molar-refractivity contribution in [2.45, 2.75) is 25.8 Å². The van der Waals surface area contributed by atoms with E-state index >= 15 is 0 Å². The molecule has 0 aliphatic carbocycles. The van der Waals surface area contributed by atoms with Crippen LogP contribution in [0.15, 0.2) is 9.85 Å². The van der Waals surface area contributed by atoms with Crippen LogP contribution in [0.2, 0.25) is 0 Å². The zero-order valence-corrected chi connectivity index (χ0v) is 10.7. The predicted octanol–water partition coefficient (Wildman–Crippen LogP) is 3.67. The molecule has 1 N–H and O–H groups in total. The number of halogens is 2. The fourth-order valence-corrected chi connectivity index (χ4v) is 3.26. The molecule has 0 aromatic carbocycles. The summed E-state index contributed by atoms with van der Waals surface area (Å²) in [6.45, 7) is 3.33. The van der Waals surface area contributed by atoms with Crippen molar-refractivity contribution in [2.24, 2.45) is 0 Å². The third-order valence-corrected chi connectivity index (χ3v) is 4.53. The molecule has 4 heteroatoms. The van der Waals surface area contributed by atoms with Gasteiger partial charge in [0.1, 0.15) is 0 Å². The second-order valence-electron chi connectivity index (χ2n) is 3.25. The Balaban J connectivity index is 0.000000845. The Morgan fingerprint density at radius 3 is 2.85 bits per heavy atom. The fraction of sp³-hybridized carbons (Fsp3) is 0.556. The van der Waals surface area contributed by atoms with E-state index in [0.717, 1.165) is 0 Å². The molecule has 1 saturated heterocycles. The van der Waals surface area contributed by atoms with E-state index in [2.05, 4.69) is 34.2 Å². The summed E-state index contributed by atoms with van der Waals surface area (Å²) in [6.07, 6.45) is 2.62. The highest BCUT2D eigenvalue weighted by Crippen LogP contribution is 2.34. The molecule has 0 amide bonds. The molecule has 1 fully saturated rings. The fourth-order valence-electron chi connectivity index (χ4n) is 1.58. The highest BCUT2D eigenvalue weighted by molar-refractivity contribution is 9.11. The molecule has 2 heterocycles. The molecule has 13 heavy (non-hydrogen) atoms. The lowest BCUT2D eigenvalue weighted by Gasteiger charge is -2.05. The maximum absolute atomic E-state index is 3.55. The van der Waals surface area contributed by atoms with Gasteiger partial charge in [-0.3, -0.25) is 0 Å². The summed E-state index contributed by atoms with van der Waals surface area (Å²) in [5.41, 5.74) is 1.36. The first-order valence-electron chi connectivity index (χ1n) is 4.26. The quantitative estimate of drug-likeness (QED) is 0.829. The maximum atomic E-state index is 3.55. The largest absolute Gasteiger partial charge is 0.309 e. The number of rotatable bonds is 1. The monoisotopic (exact) mass is 281 g/mol. The molecule has 1 nitrogen and oxygen atoms in total. The van der Waals surface area contributed by atoms with Gasteiger partial charge in [-0.1, -0.05) is 0 Å². The van der Waals surface area contributed by atoms with Gasteiger partial charge in [0, 0.05) is 10.9 Å². The van der Waals surface area contributed by atoms with Gasteiger partial charge in [0.15, 0.2) is 0 Å². The Kier molecular flexibility index (Phi) is 4.23. The minimum atomic E-state index is 0. The van der Waals surface area contributed by atoms with Gasteiger partial charge in [0.2, 0.25) is 0 Å². The van der Waals surface area contributed by atoms with Gasteiger partial charge in [-0.2, -0.15) is 0 Å². The molecule has 0 radical (unpaired) electrons. The SMILES string of the molecule is Cc1cc([C@@H]2CCCN2)sc1Br.Cl. The van der Waals surface area contributed by atoms with Gasteiger partial charge < -0.3 is 5.32 Å². The van der Waals surface area contributed by atoms with E-state index < -0.39 is 0 Å². The highest BCUT2D eigenvalue weighted by Gasteiger charge is 2.18. The number of hydrogen-bond donors (Lipinski definition) is 1. The molecule has 0 spiro atoms. The minimum Gasteiger partial charge on any atom is -0.309 e. The normalized spacial score (nSPS) is 21.5.